The standard InChI is InChI=1S/C19H18ClN3O3S/c1-11(18-22-15-5-3-4-6-16(15)27-18)23(2)17(24)10-26-19(25)12-7-8-13(20)14(21)9-12/h3-9,11H,10,21H2,1-2H3/t11-/m1/s1. The van der Waals surface area contributed by atoms with Gasteiger partial charge in [0.2, 0.25) is 0 Å². The van der Waals surface area contributed by atoms with E-state index >= 15 is 0 Å². The topological polar surface area (TPSA) is 85.5 Å². The van der Waals surface area contributed by atoms with Crippen molar-refractivity contribution in [1.82, 2.24) is 9.88 Å². The van der Waals surface area contributed by atoms with Crippen molar-refractivity contribution in [3.05, 3.63) is 58.1 Å². The van der Waals surface area contributed by atoms with Crippen LogP contribution in [-0.2, 0) is 9.53 Å². The first-order chi connectivity index (χ1) is 12.9. The van der Waals surface area contributed by atoms with Gasteiger partial charge in [-0.3, -0.25) is 4.79 Å². The lowest BCUT2D eigenvalue weighted by atomic mass is 10.2. The highest BCUT2D eigenvalue weighted by molar-refractivity contribution is 7.18. The molecule has 1 atom stereocenters. The summed E-state index contributed by atoms with van der Waals surface area (Å²) in [6.45, 7) is 1.52. The molecule has 6 nitrogen and oxygen atoms in total. The first-order valence-electron chi connectivity index (χ1n) is 8.20. The molecule has 1 heterocycles. The lowest BCUT2D eigenvalue weighted by molar-refractivity contribution is -0.135. The summed E-state index contributed by atoms with van der Waals surface area (Å²) in [6.07, 6.45) is 0. The summed E-state index contributed by atoms with van der Waals surface area (Å²) in [6, 6.07) is 12.0. The number of anilines is 1. The van der Waals surface area contributed by atoms with Crippen LogP contribution in [0.5, 0.6) is 0 Å². The Morgan fingerprint density at radius 2 is 2.04 bits per heavy atom. The molecule has 0 fully saturated rings. The van der Waals surface area contributed by atoms with Gasteiger partial charge in [-0.1, -0.05) is 23.7 Å². The molecule has 3 aromatic rings. The summed E-state index contributed by atoms with van der Waals surface area (Å²) in [5, 5.41) is 1.18. The van der Waals surface area contributed by atoms with Crippen LogP contribution in [0.2, 0.25) is 5.02 Å². The molecule has 0 aliphatic heterocycles. The van der Waals surface area contributed by atoms with Gasteiger partial charge in [-0.15, -0.1) is 11.3 Å². The van der Waals surface area contributed by atoms with Gasteiger partial charge in [0.05, 0.1) is 32.5 Å². The van der Waals surface area contributed by atoms with Crippen LogP contribution in [0.15, 0.2) is 42.5 Å². The van der Waals surface area contributed by atoms with E-state index in [9.17, 15) is 9.59 Å². The number of nitrogen functional groups attached to an aromatic ring is 1. The summed E-state index contributed by atoms with van der Waals surface area (Å²) >= 11 is 7.37. The van der Waals surface area contributed by atoms with Crippen LogP contribution in [0.4, 0.5) is 5.69 Å². The minimum atomic E-state index is -0.632. The second kappa shape index (κ2) is 7.94. The quantitative estimate of drug-likeness (QED) is 0.515. The Bertz CT molecular complexity index is 972. The average molecular weight is 404 g/mol. The Hall–Kier alpha value is -2.64. The Balaban J connectivity index is 1.62. The van der Waals surface area contributed by atoms with Crippen molar-refractivity contribution in [2.45, 2.75) is 13.0 Å². The number of para-hydroxylation sites is 1. The van der Waals surface area contributed by atoms with Crippen molar-refractivity contribution in [2.24, 2.45) is 0 Å². The van der Waals surface area contributed by atoms with Gasteiger partial charge in [-0.05, 0) is 37.3 Å². The highest BCUT2D eigenvalue weighted by atomic mass is 35.5. The van der Waals surface area contributed by atoms with Crippen LogP contribution in [-0.4, -0.2) is 35.4 Å². The first kappa shape index (κ1) is 19.1. The number of nitrogens with zero attached hydrogens (tertiary/aromatic N) is 2. The van der Waals surface area contributed by atoms with E-state index in [4.69, 9.17) is 22.1 Å². The van der Waals surface area contributed by atoms with Crippen molar-refractivity contribution >= 4 is 50.7 Å². The van der Waals surface area contributed by atoms with Crippen molar-refractivity contribution in [1.29, 1.82) is 0 Å². The van der Waals surface area contributed by atoms with Gasteiger partial charge < -0.3 is 15.4 Å². The monoisotopic (exact) mass is 403 g/mol. The van der Waals surface area contributed by atoms with Gasteiger partial charge >= 0.3 is 5.97 Å². The number of ether oxygens (including phenoxy) is 1. The maximum absolute atomic E-state index is 12.4. The Morgan fingerprint density at radius 1 is 1.30 bits per heavy atom. The predicted octanol–water partition coefficient (Wildman–Crippen LogP) is 3.91. The number of benzene rings is 2. The highest BCUT2D eigenvalue weighted by Gasteiger charge is 2.22. The van der Waals surface area contributed by atoms with Crippen LogP contribution in [0.25, 0.3) is 10.2 Å². The lowest BCUT2D eigenvalue weighted by Crippen LogP contribution is -2.33. The molecule has 0 saturated carbocycles. The average Bonchev–Trinajstić information content (AvgIpc) is 3.11. The summed E-state index contributed by atoms with van der Waals surface area (Å²) in [5.41, 5.74) is 7.10. The largest absolute Gasteiger partial charge is 0.452 e. The van der Waals surface area contributed by atoms with Crippen LogP contribution in [0.1, 0.15) is 28.3 Å². The molecule has 0 bridgehead atoms. The maximum atomic E-state index is 12.4. The van der Waals surface area contributed by atoms with Gasteiger partial charge in [-0.2, -0.15) is 0 Å². The van der Waals surface area contributed by atoms with Gasteiger partial charge in [0.25, 0.3) is 5.91 Å². The Morgan fingerprint density at radius 3 is 2.74 bits per heavy atom. The zero-order valence-corrected chi connectivity index (χ0v) is 16.4. The second-order valence-electron chi connectivity index (χ2n) is 6.01. The fourth-order valence-electron chi connectivity index (χ4n) is 2.43. The first-order valence-corrected chi connectivity index (χ1v) is 9.39. The molecule has 0 radical (unpaired) electrons. The highest BCUT2D eigenvalue weighted by Crippen LogP contribution is 2.28. The SMILES string of the molecule is C[C@H](c1nc2ccccc2s1)N(C)C(=O)COC(=O)c1ccc(Cl)c(N)c1. The minimum absolute atomic E-state index is 0.236. The molecule has 0 spiro atoms. The molecule has 2 aromatic carbocycles. The van der Waals surface area contributed by atoms with Crippen molar-refractivity contribution in [3.63, 3.8) is 0 Å². The smallest absolute Gasteiger partial charge is 0.338 e. The minimum Gasteiger partial charge on any atom is -0.452 e. The fraction of sp³-hybridized carbons (Fsp3) is 0.211. The number of halogens is 1. The summed E-state index contributed by atoms with van der Waals surface area (Å²) < 4.78 is 6.17. The third kappa shape index (κ3) is 4.20. The van der Waals surface area contributed by atoms with Gasteiger partial charge in [0.15, 0.2) is 6.61 Å². The molecule has 0 aliphatic carbocycles. The molecule has 3 rings (SSSR count). The van der Waals surface area contributed by atoms with Crippen LogP contribution < -0.4 is 5.73 Å². The van der Waals surface area contributed by atoms with Gasteiger partial charge in [-0.25, -0.2) is 9.78 Å². The molecule has 1 aromatic heterocycles. The molecule has 2 N–H and O–H groups in total. The number of thiazole rings is 1. The zero-order chi connectivity index (χ0) is 19.6. The molecular weight excluding hydrogens is 386 g/mol. The molecule has 0 aliphatic rings. The molecule has 1 amide bonds. The Labute approximate surface area is 165 Å². The van der Waals surface area contributed by atoms with Crippen LogP contribution in [0, 0.1) is 0 Å². The van der Waals surface area contributed by atoms with E-state index in [1.165, 1.54) is 34.4 Å². The number of carbonyl (C=O) groups is 2. The van der Waals surface area contributed by atoms with E-state index in [1.54, 1.807) is 7.05 Å². The molecule has 0 saturated heterocycles. The summed E-state index contributed by atoms with van der Waals surface area (Å²) in [7, 11) is 1.66. The van der Waals surface area contributed by atoms with Crippen LogP contribution in [0.3, 0.4) is 0 Å². The second-order valence-corrected chi connectivity index (χ2v) is 7.48. The van der Waals surface area contributed by atoms with Crippen molar-refractivity contribution < 1.29 is 14.3 Å². The Kier molecular flexibility index (Phi) is 5.62. The number of carbonyl (C=O) groups excluding carboxylic acids is 2. The predicted molar refractivity (Wildman–Crippen MR) is 107 cm³/mol. The molecule has 27 heavy (non-hydrogen) atoms. The number of aromatic nitrogens is 1. The van der Waals surface area contributed by atoms with Gasteiger partial charge in [0.1, 0.15) is 5.01 Å². The van der Waals surface area contributed by atoms with E-state index in [0.717, 1.165) is 15.2 Å². The van der Waals surface area contributed by atoms with E-state index in [-0.39, 0.29) is 29.8 Å². The van der Waals surface area contributed by atoms with Gasteiger partial charge in [0, 0.05) is 7.05 Å². The summed E-state index contributed by atoms with van der Waals surface area (Å²) in [4.78, 5) is 30.6. The van der Waals surface area contributed by atoms with Crippen molar-refractivity contribution in [3.8, 4) is 0 Å². The molecular formula is C19H18ClN3O3S. The van der Waals surface area contributed by atoms with Crippen LogP contribution >= 0.6 is 22.9 Å². The molecule has 140 valence electrons. The lowest BCUT2D eigenvalue weighted by Gasteiger charge is -2.23. The normalized spacial score (nSPS) is 12.0. The van der Waals surface area contributed by atoms with E-state index in [1.807, 2.05) is 31.2 Å². The molecule has 0 unspecified atom stereocenters. The van der Waals surface area contributed by atoms with E-state index < -0.39 is 5.97 Å². The van der Waals surface area contributed by atoms with Crippen molar-refractivity contribution in [2.75, 3.05) is 19.4 Å². The number of hydrogen-bond donors (Lipinski definition) is 1. The molecule has 8 heteroatoms. The number of amides is 1. The number of rotatable bonds is 5. The third-order valence-corrected chi connectivity index (χ3v) is 5.75. The summed E-state index contributed by atoms with van der Waals surface area (Å²) in [5.74, 6) is -0.954. The van der Waals surface area contributed by atoms with E-state index in [2.05, 4.69) is 4.98 Å². The van der Waals surface area contributed by atoms with E-state index in [0.29, 0.717) is 5.02 Å². The fourth-order valence-corrected chi connectivity index (χ4v) is 3.61. The maximum Gasteiger partial charge on any atom is 0.338 e. The third-order valence-electron chi connectivity index (χ3n) is 4.20. The number of hydrogen-bond acceptors (Lipinski definition) is 6. The number of likely N-dealkylation sites (N-methyl/N-ethyl adjacent to an activating group) is 1. The number of fused-ring (bicyclic) bond motifs is 1. The number of esters is 1. The zero-order valence-electron chi connectivity index (χ0n) is 14.8. The number of nitrogens with two attached hydrogens (primary N) is 1.